The number of rotatable bonds is 4. The largest absolute Gasteiger partial charge is 0.474 e. The summed E-state index contributed by atoms with van der Waals surface area (Å²) in [6.45, 7) is 0. The minimum absolute atomic E-state index is 0.288. The molecule has 6 heteroatoms. The molecule has 0 N–H and O–H groups in total. The zero-order valence-electron chi connectivity index (χ0n) is 5.17. The van der Waals surface area contributed by atoms with Crippen molar-refractivity contribution in [2.45, 2.75) is 0 Å². The lowest BCUT2D eigenvalue weighted by molar-refractivity contribution is 0.175. The zero-order chi connectivity index (χ0) is 7.33. The van der Waals surface area contributed by atoms with Crippen molar-refractivity contribution in [1.29, 1.82) is 0 Å². The monoisotopic (exact) mass is 266 g/mol. The maximum atomic E-state index is 10.9. The predicted octanol–water partition coefficient (Wildman–Crippen LogP) is 1.80. The Hall–Kier alpha value is 0.840. The number of hydrogen-bond donors (Lipinski definition) is 0. The van der Waals surface area contributed by atoms with Crippen molar-refractivity contribution in [2.75, 3.05) is 18.8 Å². The molecule has 0 radical (unpaired) electrons. The predicted molar refractivity (Wildman–Crippen MR) is 41.6 cm³/mol. The molecule has 0 amide bonds. The third kappa shape index (κ3) is 3.52. The van der Waals surface area contributed by atoms with E-state index in [-0.39, 0.29) is 4.61 Å². The fourth-order valence-electron chi connectivity index (χ4n) is 0.240. The van der Waals surface area contributed by atoms with Crippen LogP contribution in [0.4, 0.5) is 0 Å². The lowest BCUT2D eigenvalue weighted by Gasteiger charge is -2.09. The Morgan fingerprint density at radius 3 is 2.00 bits per heavy atom. The maximum absolute atomic E-state index is 10.9. The summed E-state index contributed by atoms with van der Waals surface area (Å²) in [5.41, 5.74) is 0. The third-order valence-corrected chi connectivity index (χ3v) is 2.80. The van der Waals surface area contributed by atoms with Crippen LogP contribution >= 0.6 is 30.4 Å². The van der Waals surface area contributed by atoms with Crippen LogP contribution in [0.15, 0.2) is 0 Å². The van der Waals surface area contributed by atoms with E-state index in [0.29, 0.717) is 0 Å². The Labute approximate surface area is 67.6 Å². The molecule has 0 rings (SSSR count). The van der Waals surface area contributed by atoms with Gasteiger partial charge < -0.3 is 0 Å². The van der Waals surface area contributed by atoms with Crippen LogP contribution in [0.1, 0.15) is 0 Å². The highest BCUT2D eigenvalue weighted by atomic mass is 127. The SMILES string of the molecule is COP(=O)(OC)OCI. The van der Waals surface area contributed by atoms with Gasteiger partial charge in [0.2, 0.25) is 0 Å². The minimum Gasteiger partial charge on any atom is -0.290 e. The van der Waals surface area contributed by atoms with Crippen LogP contribution in [0.25, 0.3) is 0 Å². The average Bonchev–Trinajstić information content (AvgIpc) is 1.89. The molecule has 56 valence electrons. The van der Waals surface area contributed by atoms with E-state index in [1.165, 1.54) is 14.2 Å². The van der Waals surface area contributed by atoms with E-state index in [2.05, 4.69) is 13.6 Å². The molecule has 0 spiro atoms. The van der Waals surface area contributed by atoms with Crippen LogP contribution in [-0.2, 0) is 18.1 Å². The van der Waals surface area contributed by atoms with Crippen molar-refractivity contribution >= 4 is 30.4 Å². The molecule has 0 fully saturated rings. The molecule has 0 aromatic rings. The number of alkyl halides is 1. The summed E-state index contributed by atoms with van der Waals surface area (Å²) < 4.78 is 24.7. The van der Waals surface area contributed by atoms with E-state index >= 15 is 0 Å². The van der Waals surface area contributed by atoms with Gasteiger partial charge in [0.05, 0.1) is 0 Å². The van der Waals surface area contributed by atoms with Crippen LogP contribution in [0.5, 0.6) is 0 Å². The van der Waals surface area contributed by atoms with Gasteiger partial charge in [0, 0.05) is 14.2 Å². The molecule has 0 aromatic heterocycles. The highest BCUT2D eigenvalue weighted by Gasteiger charge is 2.20. The molecular weight excluding hydrogens is 258 g/mol. The molecule has 0 aliphatic rings. The highest BCUT2D eigenvalue weighted by molar-refractivity contribution is 14.1. The quantitative estimate of drug-likeness (QED) is 0.442. The summed E-state index contributed by atoms with van der Waals surface area (Å²) in [6, 6.07) is 0. The van der Waals surface area contributed by atoms with E-state index < -0.39 is 7.82 Å². The smallest absolute Gasteiger partial charge is 0.290 e. The number of phosphoric ester groups is 1. The first-order chi connectivity index (χ1) is 4.18. The van der Waals surface area contributed by atoms with Gasteiger partial charge >= 0.3 is 7.82 Å². The van der Waals surface area contributed by atoms with E-state index in [0.717, 1.165) is 0 Å². The number of hydrogen-bond acceptors (Lipinski definition) is 4. The van der Waals surface area contributed by atoms with Crippen LogP contribution in [0.2, 0.25) is 0 Å². The van der Waals surface area contributed by atoms with E-state index in [1.54, 1.807) is 0 Å². The van der Waals surface area contributed by atoms with Gasteiger partial charge in [0.15, 0.2) is 0 Å². The summed E-state index contributed by atoms with van der Waals surface area (Å²) >= 11 is 1.90. The van der Waals surface area contributed by atoms with Crippen molar-refractivity contribution in [1.82, 2.24) is 0 Å². The van der Waals surface area contributed by atoms with Gasteiger partial charge in [-0.05, 0) is 0 Å². The van der Waals surface area contributed by atoms with Crippen LogP contribution < -0.4 is 0 Å². The van der Waals surface area contributed by atoms with Crippen molar-refractivity contribution < 1.29 is 18.1 Å². The van der Waals surface area contributed by atoms with Gasteiger partial charge in [-0.15, -0.1) is 0 Å². The fraction of sp³-hybridized carbons (Fsp3) is 1.00. The summed E-state index contributed by atoms with van der Waals surface area (Å²) in [4.78, 5) is 0. The average molecular weight is 266 g/mol. The van der Waals surface area contributed by atoms with E-state index in [4.69, 9.17) is 0 Å². The van der Waals surface area contributed by atoms with Gasteiger partial charge in [-0.2, -0.15) is 0 Å². The van der Waals surface area contributed by atoms with E-state index in [1.807, 2.05) is 22.6 Å². The molecule has 0 unspecified atom stereocenters. The van der Waals surface area contributed by atoms with Crippen LogP contribution in [0, 0.1) is 0 Å². The topological polar surface area (TPSA) is 44.8 Å². The van der Waals surface area contributed by atoms with E-state index in [9.17, 15) is 4.57 Å². The number of phosphoric acid groups is 1. The molecule has 0 saturated heterocycles. The summed E-state index contributed by atoms with van der Waals surface area (Å²) in [5, 5.41) is 0. The van der Waals surface area contributed by atoms with Crippen molar-refractivity contribution in [2.24, 2.45) is 0 Å². The van der Waals surface area contributed by atoms with Crippen molar-refractivity contribution in [3.63, 3.8) is 0 Å². The molecule has 0 bridgehead atoms. The molecule has 0 saturated carbocycles. The number of halogens is 1. The second kappa shape index (κ2) is 4.62. The standard InChI is InChI=1S/C3H8IO4P/c1-6-9(5,7-2)8-3-4/h3H2,1-2H3. The second-order valence-corrected chi connectivity index (χ2v) is 3.56. The molecule has 4 nitrogen and oxygen atoms in total. The maximum Gasteiger partial charge on any atom is 0.474 e. The Balaban J connectivity index is 3.78. The molecule has 9 heavy (non-hydrogen) atoms. The van der Waals surface area contributed by atoms with Crippen molar-refractivity contribution in [3.05, 3.63) is 0 Å². The summed E-state index contributed by atoms with van der Waals surface area (Å²) in [7, 11) is -0.640. The Morgan fingerprint density at radius 1 is 1.44 bits per heavy atom. The first-order valence-corrected chi connectivity index (χ1v) is 5.09. The lowest BCUT2D eigenvalue weighted by Crippen LogP contribution is -1.91. The Bertz CT molecular complexity index is 108. The summed E-state index contributed by atoms with van der Waals surface area (Å²) in [5.74, 6) is 0. The Morgan fingerprint density at radius 2 is 1.89 bits per heavy atom. The lowest BCUT2D eigenvalue weighted by atomic mass is 11.8. The fourth-order valence-corrected chi connectivity index (χ4v) is 1.74. The van der Waals surface area contributed by atoms with Gasteiger partial charge in [-0.25, -0.2) is 4.57 Å². The molecule has 0 heterocycles. The van der Waals surface area contributed by atoms with Gasteiger partial charge in [-0.1, -0.05) is 22.6 Å². The second-order valence-electron chi connectivity index (χ2n) is 1.05. The first-order valence-electron chi connectivity index (χ1n) is 2.10. The third-order valence-electron chi connectivity index (χ3n) is 0.654. The summed E-state index contributed by atoms with van der Waals surface area (Å²) in [6.07, 6.45) is 0. The molecule has 0 aliphatic carbocycles. The highest BCUT2D eigenvalue weighted by Crippen LogP contribution is 2.47. The molecule has 0 aromatic carbocycles. The normalized spacial score (nSPS) is 11.9. The van der Waals surface area contributed by atoms with Gasteiger partial charge in [0.25, 0.3) is 0 Å². The first kappa shape index (κ1) is 9.84. The molecule has 0 atom stereocenters. The van der Waals surface area contributed by atoms with Crippen molar-refractivity contribution in [3.8, 4) is 0 Å². The van der Waals surface area contributed by atoms with Gasteiger partial charge in [-0.3, -0.25) is 13.6 Å². The van der Waals surface area contributed by atoms with Crippen LogP contribution in [0.3, 0.4) is 0 Å². The van der Waals surface area contributed by atoms with Gasteiger partial charge in [0.1, 0.15) is 4.61 Å². The molecular formula is C3H8IO4P. The van der Waals surface area contributed by atoms with Crippen LogP contribution in [-0.4, -0.2) is 18.8 Å². The zero-order valence-corrected chi connectivity index (χ0v) is 8.22. The minimum atomic E-state index is -3.19. The molecule has 0 aliphatic heterocycles. The Kier molecular flexibility index (Phi) is 5.06.